The fourth-order valence-electron chi connectivity index (χ4n) is 2.78. The van der Waals surface area contributed by atoms with Crippen LogP contribution in [0.1, 0.15) is 32.3 Å². The zero-order chi connectivity index (χ0) is 14.0. The van der Waals surface area contributed by atoms with E-state index in [0.29, 0.717) is 16.6 Å². The van der Waals surface area contributed by atoms with Crippen molar-refractivity contribution in [3.05, 3.63) is 28.0 Å². The molecule has 0 radical (unpaired) electrons. The molecule has 1 saturated heterocycles. The molecule has 0 aliphatic carbocycles. The lowest BCUT2D eigenvalue weighted by Crippen LogP contribution is -2.48. The molecule has 2 rings (SSSR count). The van der Waals surface area contributed by atoms with E-state index in [1.165, 1.54) is 12.8 Å². The van der Waals surface area contributed by atoms with Crippen LogP contribution < -0.4 is 10.2 Å². The van der Waals surface area contributed by atoms with Gasteiger partial charge in [0.25, 0.3) is 0 Å². The zero-order valence-corrected chi connectivity index (χ0v) is 13.4. The topological polar surface area (TPSA) is 15.3 Å². The standard InChI is InChI=1S/C15H22BrFN2/c1-10(2)18-12-5-4-6-19(9-12)15-8-13(16)14(17)7-11(15)3/h7-8,10,12,18H,4-6,9H2,1-3H3. The van der Waals surface area contributed by atoms with E-state index in [2.05, 4.69) is 40.0 Å². The van der Waals surface area contributed by atoms with E-state index >= 15 is 0 Å². The van der Waals surface area contributed by atoms with Gasteiger partial charge in [-0.2, -0.15) is 0 Å². The number of rotatable bonds is 3. The molecule has 1 aliphatic heterocycles. The van der Waals surface area contributed by atoms with Gasteiger partial charge in [0.15, 0.2) is 0 Å². The van der Waals surface area contributed by atoms with Gasteiger partial charge in [0, 0.05) is 30.9 Å². The third kappa shape index (κ3) is 3.69. The molecule has 4 heteroatoms. The molecule has 106 valence electrons. The largest absolute Gasteiger partial charge is 0.370 e. The highest BCUT2D eigenvalue weighted by atomic mass is 79.9. The third-order valence-electron chi connectivity index (χ3n) is 3.57. The summed E-state index contributed by atoms with van der Waals surface area (Å²) < 4.78 is 14.0. The van der Waals surface area contributed by atoms with Gasteiger partial charge in [-0.25, -0.2) is 4.39 Å². The molecular formula is C15H22BrFN2. The van der Waals surface area contributed by atoms with Crippen molar-refractivity contribution in [2.75, 3.05) is 18.0 Å². The Morgan fingerprint density at radius 2 is 2.16 bits per heavy atom. The molecule has 2 nitrogen and oxygen atoms in total. The summed E-state index contributed by atoms with van der Waals surface area (Å²) in [5.74, 6) is -0.185. The molecule has 0 saturated carbocycles. The Morgan fingerprint density at radius 3 is 2.84 bits per heavy atom. The third-order valence-corrected chi connectivity index (χ3v) is 4.18. The lowest BCUT2D eigenvalue weighted by Gasteiger charge is -2.36. The Bertz CT molecular complexity index is 448. The molecule has 1 atom stereocenters. The first-order valence-electron chi connectivity index (χ1n) is 6.94. The van der Waals surface area contributed by atoms with Crippen LogP contribution in [0.4, 0.5) is 10.1 Å². The van der Waals surface area contributed by atoms with Crippen molar-refractivity contribution in [3.63, 3.8) is 0 Å². The number of piperidine rings is 1. The Labute approximate surface area is 123 Å². The van der Waals surface area contributed by atoms with Gasteiger partial charge in [0.2, 0.25) is 0 Å². The summed E-state index contributed by atoms with van der Waals surface area (Å²) in [5, 5.41) is 3.60. The zero-order valence-electron chi connectivity index (χ0n) is 11.8. The number of hydrogen-bond acceptors (Lipinski definition) is 2. The average molecular weight is 329 g/mol. The number of nitrogens with zero attached hydrogens (tertiary/aromatic N) is 1. The Hall–Kier alpha value is -0.610. The van der Waals surface area contributed by atoms with E-state index < -0.39 is 0 Å². The lowest BCUT2D eigenvalue weighted by atomic mass is 10.0. The molecular weight excluding hydrogens is 307 g/mol. The number of nitrogens with one attached hydrogen (secondary N) is 1. The van der Waals surface area contributed by atoms with Crippen molar-refractivity contribution < 1.29 is 4.39 Å². The first-order valence-corrected chi connectivity index (χ1v) is 7.73. The number of hydrogen-bond donors (Lipinski definition) is 1. The Balaban J connectivity index is 2.15. The predicted molar refractivity (Wildman–Crippen MR) is 82.3 cm³/mol. The SMILES string of the molecule is Cc1cc(F)c(Br)cc1N1CCCC(NC(C)C)C1. The summed E-state index contributed by atoms with van der Waals surface area (Å²) in [7, 11) is 0. The van der Waals surface area contributed by atoms with E-state index in [4.69, 9.17) is 0 Å². The molecule has 0 bridgehead atoms. The summed E-state index contributed by atoms with van der Waals surface area (Å²) in [4.78, 5) is 2.36. The molecule has 1 aliphatic rings. The number of anilines is 1. The van der Waals surface area contributed by atoms with Gasteiger partial charge < -0.3 is 10.2 Å². The number of aryl methyl sites for hydroxylation is 1. The quantitative estimate of drug-likeness (QED) is 0.906. The normalized spacial score (nSPS) is 20.1. The smallest absolute Gasteiger partial charge is 0.137 e. The van der Waals surface area contributed by atoms with Gasteiger partial charge in [-0.05, 0) is 53.4 Å². The molecule has 1 N–H and O–H groups in total. The van der Waals surface area contributed by atoms with Crippen LogP contribution in [0.15, 0.2) is 16.6 Å². The van der Waals surface area contributed by atoms with Gasteiger partial charge >= 0.3 is 0 Å². The molecule has 1 heterocycles. The molecule has 0 aromatic heterocycles. The lowest BCUT2D eigenvalue weighted by molar-refractivity contribution is 0.394. The molecule has 1 aromatic rings. The van der Waals surface area contributed by atoms with Crippen LogP contribution >= 0.6 is 15.9 Å². The van der Waals surface area contributed by atoms with Gasteiger partial charge in [-0.3, -0.25) is 0 Å². The van der Waals surface area contributed by atoms with Crippen LogP contribution in [0.5, 0.6) is 0 Å². The Morgan fingerprint density at radius 1 is 1.42 bits per heavy atom. The molecule has 0 spiro atoms. The van der Waals surface area contributed by atoms with Crippen molar-refractivity contribution in [1.82, 2.24) is 5.32 Å². The van der Waals surface area contributed by atoms with Crippen molar-refractivity contribution in [3.8, 4) is 0 Å². The minimum Gasteiger partial charge on any atom is -0.370 e. The summed E-state index contributed by atoms with van der Waals surface area (Å²) in [5.41, 5.74) is 2.15. The van der Waals surface area contributed by atoms with E-state index in [1.54, 1.807) is 6.07 Å². The van der Waals surface area contributed by atoms with Crippen LogP contribution in [-0.2, 0) is 0 Å². The van der Waals surface area contributed by atoms with Crippen LogP contribution in [0.2, 0.25) is 0 Å². The van der Waals surface area contributed by atoms with Crippen LogP contribution in [0, 0.1) is 12.7 Å². The van der Waals surface area contributed by atoms with E-state index in [1.807, 2.05) is 13.0 Å². The molecule has 1 fully saturated rings. The number of halogens is 2. The second kappa shape index (κ2) is 6.23. The van der Waals surface area contributed by atoms with Gasteiger partial charge in [0.1, 0.15) is 5.82 Å². The van der Waals surface area contributed by atoms with Gasteiger partial charge in [0.05, 0.1) is 4.47 Å². The van der Waals surface area contributed by atoms with Crippen molar-refractivity contribution >= 4 is 21.6 Å². The first-order chi connectivity index (χ1) is 8.97. The highest BCUT2D eigenvalue weighted by molar-refractivity contribution is 9.10. The monoisotopic (exact) mass is 328 g/mol. The number of benzene rings is 1. The minimum atomic E-state index is -0.185. The summed E-state index contributed by atoms with van der Waals surface area (Å²) >= 11 is 3.28. The predicted octanol–water partition coefficient (Wildman–Crippen LogP) is 3.86. The highest BCUT2D eigenvalue weighted by Gasteiger charge is 2.22. The second-order valence-electron chi connectivity index (χ2n) is 5.66. The summed E-state index contributed by atoms with van der Waals surface area (Å²) in [6.45, 7) is 8.38. The van der Waals surface area contributed by atoms with Crippen LogP contribution in [0.25, 0.3) is 0 Å². The molecule has 1 unspecified atom stereocenters. The summed E-state index contributed by atoms with van der Waals surface area (Å²) in [6.07, 6.45) is 2.40. The van der Waals surface area contributed by atoms with E-state index in [0.717, 1.165) is 24.3 Å². The highest BCUT2D eigenvalue weighted by Crippen LogP contribution is 2.29. The van der Waals surface area contributed by atoms with Gasteiger partial charge in [-0.15, -0.1) is 0 Å². The maximum absolute atomic E-state index is 13.5. The minimum absolute atomic E-state index is 0.185. The van der Waals surface area contributed by atoms with Crippen molar-refractivity contribution in [1.29, 1.82) is 0 Å². The fourth-order valence-corrected chi connectivity index (χ4v) is 3.11. The second-order valence-corrected chi connectivity index (χ2v) is 6.51. The first kappa shape index (κ1) is 14.8. The molecule has 19 heavy (non-hydrogen) atoms. The molecule has 0 amide bonds. The van der Waals surface area contributed by atoms with E-state index in [-0.39, 0.29) is 5.82 Å². The summed E-state index contributed by atoms with van der Waals surface area (Å²) in [6, 6.07) is 4.55. The fraction of sp³-hybridized carbons (Fsp3) is 0.600. The van der Waals surface area contributed by atoms with Crippen molar-refractivity contribution in [2.24, 2.45) is 0 Å². The molecule has 1 aromatic carbocycles. The maximum Gasteiger partial charge on any atom is 0.137 e. The Kier molecular flexibility index (Phi) is 4.85. The van der Waals surface area contributed by atoms with Crippen LogP contribution in [-0.4, -0.2) is 25.2 Å². The van der Waals surface area contributed by atoms with Crippen molar-refractivity contribution in [2.45, 2.75) is 45.7 Å². The van der Waals surface area contributed by atoms with Crippen LogP contribution in [0.3, 0.4) is 0 Å². The maximum atomic E-state index is 13.5. The van der Waals surface area contributed by atoms with E-state index in [9.17, 15) is 4.39 Å². The average Bonchev–Trinajstić information content (AvgIpc) is 2.33. The van der Waals surface area contributed by atoms with Gasteiger partial charge in [-0.1, -0.05) is 13.8 Å².